The zero-order valence-electron chi connectivity index (χ0n) is 12.3. The molecule has 114 valence electrons. The highest BCUT2D eigenvalue weighted by molar-refractivity contribution is 5.25. The Morgan fingerprint density at radius 2 is 1.85 bits per heavy atom. The molecular weight excluding hydrogens is 269 g/mol. The van der Waals surface area contributed by atoms with Crippen LogP contribution in [0.1, 0.15) is 39.0 Å². The molecule has 1 N–H and O–H groups in total. The number of nitrogens with one attached hydrogen (secondary N) is 1. The molecular formula is C14H21F3N2O. The number of aryl methyl sites for hydroxylation is 1. The van der Waals surface area contributed by atoms with Crippen LogP contribution in [0.4, 0.5) is 13.2 Å². The van der Waals surface area contributed by atoms with Crippen molar-refractivity contribution in [3.05, 3.63) is 23.4 Å². The van der Waals surface area contributed by atoms with Crippen molar-refractivity contribution in [2.45, 2.75) is 52.4 Å². The molecule has 3 nitrogen and oxygen atoms in total. The summed E-state index contributed by atoms with van der Waals surface area (Å²) in [4.78, 5) is 4.05. The molecule has 0 amide bonds. The maximum absolute atomic E-state index is 12.2. The van der Waals surface area contributed by atoms with Gasteiger partial charge in [-0.3, -0.25) is 0 Å². The SMILES string of the molecule is CCc1cc(CNC(C)(C)C)cc(OCC(F)(F)F)n1. The average Bonchev–Trinajstić information content (AvgIpc) is 2.32. The molecule has 0 saturated carbocycles. The second kappa shape index (κ2) is 6.43. The van der Waals surface area contributed by atoms with Crippen LogP contribution in [0.25, 0.3) is 0 Å². The number of ether oxygens (including phenoxy) is 1. The number of pyridine rings is 1. The summed E-state index contributed by atoms with van der Waals surface area (Å²) < 4.78 is 41.2. The van der Waals surface area contributed by atoms with Gasteiger partial charge in [0.05, 0.1) is 0 Å². The summed E-state index contributed by atoms with van der Waals surface area (Å²) in [5.41, 5.74) is 1.52. The molecule has 0 aliphatic carbocycles. The van der Waals surface area contributed by atoms with Crippen molar-refractivity contribution in [2.75, 3.05) is 6.61 Å². The molecule has 0 atom stereocenters. The van der Waals surface area contributed by atoms with Gasteiger partial charge in [0.25, 0.3) is 0 Å². The maximum Gasteiger partial charge on any atom is 0.422 e. The van der Waals surface area contributed by atoms with Gasteiger partial charge in [0.1, 0.15) is 0 Å². The summed E-state index contributed by atoms with van der Waals surface area (Å²) in [7, 11) is 0. The lowest BCUT2D eigenvalue weighted by molar-refractivity contribution is -0.154. The van der Waals surface area contributed by atoms with E-state index in [9.17, 15) is 13.2 Å². The second-order valence-electron chi connectivity index (χ2n) is 5.67. The smallest absolute Gasteiger partial charge is 0.422 e. The van der Waals surface area contributed by atoms with Crippen LogP contribution in [0.2, 0.25) is 0 Å². The Balaban J connectivity index is 2.80. The minimum Gasteiger partial charge on any atom is -0.468 e. The molecule has 0 aromatic carbocycles. The van der Waals surface area contributed by atoms with Crippen LogP contribution in [0, 0.1) is 0 Å². The van der Waals surface area contributed by atoms with Gasteiger partial charge in [-0.15, -0.1) is 0 Å². The Morgan fingerprint density at radius 1 is 1.20 bits per heavy atom. The first-order valence-electron chi connectivity index (χ1n) is 6.53. The number of alkyl halides is 3. The fraction of sp³-hybridized carbons (Fsp3) is 0.643. The van der Waals surface area contributed by atoms with E-state index in [0.29, 0.717) is 13.0 Å². The number of hydrogen-bond donors (Lipinski definition) is 1. The van der Waals surface area contributed by atoms with E-state index in [1.807, 2.05) is 33.8 Å². The predicted octanol–water partition coefficient (Wildman–Crippen LogP) is 3.47. The Morgan fingerprint density at radius 3 is 2.35 bits per heavy atom. The molecule has 0 unspecified atom stereocenters. The van der Waals surface area contributed by atoms with Gasteiger partial charge in [0.15, 0.2) is 6.61 Å². The quantitative estimate of drug-likeness (QED) is 0.901. The lowest BCUT2D eigenvalue weighted by atomic mass is 10.1. The first kappa shape index (κ1) is 16.8. The highest BCUT2D eigenvalue weighted by Gasteiger charge is 2.28. The lowest BCUT2D eigenvalue weighted by Gasteiger charge is -2.21. The van der Waals surface area contributed by atoms with Gasteiger partial charge >= 0.3 is 6.18 Å². The third-order valence-corrected chi connectivity index (χ3v) is 2.48. The van der Waals surface area contributed by atoms with Crippen molar-refractivity contribution >= 4 is 0 Å². The third-order valence-electron chi connectivity index (χ3n) is 2.48. The van der Waals surface area contributed by atoms with E-state index in [4.69, 9.17) is 4.74 Å². The van der Waals surface area contributed by atoms with Crippen molar-refractivity contribution in [3.8, 4) is 5.88 Å². The average molecular weight is 290 g/mol. The van der Waals surface area contributed by atoms with Crippen molar-refractivity contribution < 1.29 is 17.9 Å². The topological polar surface area (TPSA) is 34.1 Å². The molecule has 20 heavy (non-hydrogen) atoms. The second-order valence-corrected chi connectivity index (χ2v) is 5.67. The molecule has 1 rings (SSSR count). The summed E-state index contributed by atoms with van der Waals surface area (Å²) >= 11 is 0. The van der Waals surface area contributed by atoms with Gasteiger partial charge < -0.3 is 10.1 Å². The van der Waals surface area contributed by atoms with E-state index in [1.165, 1.54) is 0 Å². The Hall–Kier alpha value is -1.30. The van der Waals surface area contributed by atoms with E-state index in [2.05, 4.69) is 10.3 Å². The van der Waals surface area contributed by atoms with Crippen LogP contribution in [0.3, 0.4) is 0 Å². The molecule has 1 aromatic heterocycles. The Kier molecular flexibility index (Phi) is 5.39. The summed E-state index contributed by atoms with van der Waals surface area (Å²) in [5.74, 6) is 0.0207. The lowest BCUT2D eigenvalue weighted by Crippen LogP contribution is -2.35. The Bertz CT molecular complexity index is 403. The van der Waals surface area contributed by atoms with Crippen molar-refractivity contribution in [1.82, 2.24) is 10.3 Å². The van der Waals surface area contributed by atoms with Gasteiger partial charge in [-0.2, -0.15) is 13.2 Å². The zero-order valence-corrected chi connectivity index (χ0v) is 12.3. The fourth-order valence-electron chi connectivity index (χ4n) is 1.50. The summed E-state index contributed by atoms with van der Waals surface area (Å²) in [5, 5.41) is 3.28. The molecule has 6 heteroatoms. The fourth-order valence-corrected chi connectivity index (χ4v) is 1.50. The van der Waals surface area contributed by atoms with Crippen LogP contribution < -0.4 is 10.1 Å². The number of hydrogen-bond acceptors (Lipinski definition) is 3. The highest BCUT2D eigenvalue weighted by Crippen LogP contribution is 2.19. The van der Waals surface area contributed by atoms with E-state index in [0.717, 1.165) is 11.3 Å². The summed E-state index contributed by atoms with van der Waals surface area (Å²) in [6.07, 6.45) is -3.71. The first-order chi connectivity index (χ1) is 9.09. The van der Waals surface area contributed by atoms with Gasteiger partial charge in [-0.25, -0.2) is 4.98 Å². The van der Waals surface area contributed by atoms with Gasteiger partial charge in [0.2, 0.25) is 5.88 Å². The predicted molar refractivity (Wildman–Crippen MR) is 71.8 cm³/mol. The van der Waals surface area contributed by atoms with Crippen molar-refractivity contribution in [2.24, 2.45) is 0 Å². The third kappa shape index (κ3) is 6.75. The van der Waals surface area contributed by atoms with Crippen LogP contribution in [0.15, 0.2) is 12.1 Å². The van der Waals surface area contributed by atoms with Crippen LogP contribution >= 0.6 is 0 Å². The van der Waals surface area contributed by atoms with Crippen LogP contribution in [-0.4, -0.2) is 23.3 Å². The zero-order chi connectivity index (χ0) is 15.4. The first-order valence-corrected chi connectivity index (χ1v) is 6.53. The molecule has 0 saturated heterocycles. The van der Waals surface area contributed by atoms with Crippen LogP contribution in [0.5, 0.6) is 5.88 Å². The van der Waals surface area contributed by atoms with Crippen LogP contribution in [-0.2, 0) is 13.0 Å². The molecule has 0 aliphatic heterocycles. The number of rotatable bonds is 5. The molecule has 0 fully saturated rings. The molecule has 1 heterocycles. The van der Waals surface area contributed by atoms with Gasteiger partial charge in [-0.1, -0.05) is 6.92 Å². The van der Waals surface area contributed by atoms with Gasteiger partial charge in [0, 0.05) is 23.8 Å². The van der Waals surface area contributed by atoms with Crippen molar-refractivity contribution in [3.63, 3.8) is 0 Å². The monoisotopic (exact) mass is 290 g/mol. The number of aromatic nitrogens is 1. The van der Waals surface area contributed by atoms with E-state index in [1.54, 1.807) is 6.07 Å². The highest BCUT2D eigenvalue weighted by atomic mass is 19.4. The minimum atomic E-state index is -4.35. The number of halogens is 3. The number of nitrogens with zero attached hydrogens (tertiary/aromatic N) is 1. The normalized spacial score (nSPS) is 12.6. The largest absolute Gasteiger partial charge is 0.468 e. The van der Waals surface area contributed by atoms with E-state index < -0.39 is 12.8 Å². The maximum atomic E-state index is 12.2. The summed E-state index contributed by atoms with van der Waals surface area (Å²) in [6.45, 7) is 7.21. The van der Waals surface area contributed by atoms with E-state index >= 15 is 0 Å². The standard InChI is InChI=1S/C14H21F3N2O/c1-5-11-6-10(8-18-13(2,3)4)7-12(19-11)20-9-14(15,16)17/h6-7,18H,5,8-9H2,1-4H3. The molecule has 0 spiro atoms. The van der Waals surface area contributed by atoms with E-state index in [-0.39, 0.29) is 11.4 Å². The molecule has 0 aliphatic rings. The van der Waals surface area contributed by atoms with Gasteiger partial charge in [-0.05, 0) is 38.8 Å². The summed E-state index contributed by atoms with van der Waals surface area (Å²) in [6, 6.07) is 3.42. The molecule has 0 radical (unpaired) electrons. The molecule has 0 bridgehead atoms. The molecule has 1 aromatic rings. The Labute approximate surface area is 117 Å². The minimum absolute atomic E-state index is 0.0207. The van der Waals surface area contributed by atoms with Crippen molar-refractivity contribution in [1.29, 1.82) is 0 Å².